The third-order valence-corrected chi connectivity index (χ3v) is 7.66. The Morgan fingerprint density at radius 2 is 1.88 bits per heavy atom. The summed E-state index contributed by atoms with van der Waals surface area (Å²) in [6.07, 6.45) is 16.9. The van der Waals surface area contributed by atoms with E-state index in [9.17, 15) is 0 Å². The molecule has 0 spiro atoms. The van der Waals surface area contributed by atoms with Crippen molar-refractivity contribution in [3.8, 4) is 11.8 Å². The van der Waals surface area contributed by atoms with Gasteiger partial charge in [-0.25, -0.2) is 4.98 Å². The molecule has 5 heteroatoms. The summed E-state index contributed by atoms with van der Waals surface area (Å²) in [5, 5.41) is 2.20. The molecule has 0 saturated carbocycles. The van der Waals surface area contributed by atoms with Crippen molar-refractivity contribution in [2.45, 2.75) is 81.3 Å². The third-order valence-electron chi connectivity index (χ3n) is 7.66. The molecule has 2 aliphatic rings. The number of rotatable bonds is 4. The van der Waals surface area contributed by atoms with E-state index in [1.165, 1.54) is 17.6 Å². The molecule has 2 atom stereocenters. The predicted molar refractivity (Wildman–Crippen MR) is 182 cm³/mol. The van der Waals surface area contributed by atoms with Crippen LogP contribution in [0.3, 0.4) is 0 Å². The van der Waals surface area contributed by atoms with Gasteiger partial charge in [-0.05, 0) is 77.2 Å². The minimum Gasteiger partial charge on any atom is -0.435 e. The van der Waals surface area contributed by atoms with Crippen LogP contribution in [0.2, 0.25) is 0 Å². The molecule has 0 fully saturated rings. The highest BCUT2D eigenvalue weighted by atomic mass is 16.3. The SMILES string of the molecule is CC#CC1CC=CC=C1C(C)=N/C=C\C.CCC(C)C.Cc1ccc2c(n1)oc1c(N3C=CN(C)C3C)c(C)ccc12. The van der Waals surface area contributed by atoms with E-state index in [2.05, 4.69) is 122 Å². The first-order valence-corrected chi connectivity index (χ1v) is 15.1. The number of hydrogen-bond acceptors (Lipinski definition) is 5. The summed E-state index contributed by atoms with van der Waals surface area (Å²) in [6, 6.07) is 8.41. The van der Waals surface area contributed by atoms with Gasteiger partial charge >= 0.3 is 0 Å². The normalized spacial score (nSPS) is 18.2. The Kier molecular flexibility index (Phi) is 11.8. The lowest BCUT2D eigenvalue weighted by atomic mass is 9.89. The molecule has 1 aliphatic heterocycles. The number of furan rings is 1. The van der Waals surface area contributed by atoms with Gasteiger partial charge in [0.1, 0.15) is 6.17 Å². The molecule has 0 bridgehead atoms. The highest BCUT2D eigenvalue weighted by Crippen LogP contribution is 2.39. The van der Waals surface area contributed by atoms with Crippen LogP contribution in [-0.4, -0.2) is 28.8 Å². The van der Waals surface area contributed by atoms with Crippen LogP contribution < -0.4 is 4.90 Å². The summed E-state index contributed by atoms with van der Waals surface area (Å²) < 4.78 is 6.14. The van der Waals surface area contributed by atoms with E-state index in [0.717, 1.165) is 45.8 Å². The minimum atomic E-state index is 0.271. The van der Waals surface area contributed by atoms with Crippen LogP contribution in [0.25, 0.3) is 22.1 Å². The second-order valence-electron chi connectivity index (χ2n) is 11.2. The molecular weight excluding hydrogens is 516 g/mol. The Balaban J connectivity index is 0.000000211. The summed E-state index contributed by atoms with van der Waals surface area (Å²) in [5.74, 6) is 7.40. The van der Waals surface area contributed by atoms with E-state index >= 15 is 0 Å². The summed E-state index contributed by atoms with van der Waals surface area (Å²) in [4.78, 5) is 13.3. The second kappa shape index (κ2) is 15.3. The van der Waals surface area contributed by atoms with Crippen molar-refractivity contribution >= 4 is 33.5 Å². The summed E-state index contributed by atoms with van der Waals surface area (Å²) in [5.41, 5.74) is 7.23. The van der Waals surface area contributed by atoms with Crippen LogP contribution in [0, 0.1) is 37.5 Å². The molecular formula is C37H48N4O. The molecule has 5 nitrogen and oxygen atoms in total. The number of fused-ring (bicyclic) bond motifs is 3. The number of aliphatic imine (C=N–C) groups is 1. The summed E-state index contributed by atoms with van der Waals surface area (Å²) >= 11 is 0. The van der Waals surface area contributed by atoms with Gasteiger partial charge < -0.3 is 14.2 Å². The largest absolute Gasteiger partial charge is 0.435 e. The van der Waals surface area contributed by atoms with Gasteiger partial charge in [-0.2, -0.15) is 0 Å². The highest BCUT2D eigenvalue weighted by molar-refractivity contribution is 6.08. The van der Waals surface area contributed by atoms with Crippen molar-refractivity contribution in [3.05, 3.63) is 84.0 Å². The quantitative estimate of drug-likeness (QED) is 0.234. The molecule has 0 saturated heterocycles. The van der Waals surface area contributed by atoms with Crippen LogP contribution >= 0.6 is 0 Å². The van der Waals surface area contributed by atoms with Crippen molar-refractivity contribution in [3.63, 3.8) is 0 Å². The minimum absolute atomic E-state index is 0.271. The predicted octanol–water partition coefficient (Wildman–Crippen LogP) is 9.73. The average Bonchev–Trinajstić information content (AvgIpc) is 3.51. The molecule has 5 rings (SSSR count). The number of benzene rings is 1. The van der Waals surface area contributed by atoms with Gasteiger partial charge in [-0.15, -0.1) is 5.92 Å². The highest BCUT2D eigenvalue weighted by Gasteiger charge is 2.25. The fourth-order valence-electron chi connectivity index (χ4n) is 4.68. The second-order valence-corrected chi connectivity index (χ2v) is 11.2. The molecule has 42 heavy (non-hydrogen) atoms. The smallest absolute Gasteiger partial charge is 0.227 e. The Morgan fingerprint density at radius 1 is 1.17 bits per heavy atom. The van der Waals surface area contributed by atoms with E-state index in [1.807, 2.05) is 46.0 Å². The zero-order valence-electron chi connectivity index (χ0n) is 27.2. The number of allylic oxidation sites excluding steroid dienone is 5. The maximum absolute atomic E-state index is 6.14. The first kappa shape index (κ1) is 32.5. The summed E-state index contributed by atoms with van der Waals surface area (Å²) in [7, 11) is 2.08. The molecule has 0 N–H and O–H groups in total. The molecule has 0 amide bonds. The number of pyridine rings is 1. The molecule has 0 radical (unpaired) electrons. The van der Waals surface area contributed by atoms with Crippen molar-refractivity contribution in [2.75, 3.05) is 11.9 Å². The maximum Gasteiger partial charge on any atom is 0.227 e. The lowest BCUT2D eigenvalue weighted by Crippen LogP contribution is -2.33. The number of aromatic nitrogens is 1. The first-order valence-electron chi connectivity index (χ1n) is 15.1. The maximum atomic E-state index is 6.14. The first-order chi connectivity index (χ1) is 20.1. The molecule has 1 aliphatic carbocycles. The van der Waals surface area contributed by atoms with Crippen LogP contribution in [0.5, 0.6) is 0 Å². The van der Waals surface area contributed by atoms with E-state index < -0.39 is 0 Å². The zero-order valence-corrected chi connectivity index (χ0v) is 27.2. The van der Waals surface area contributed by atoms with Gasteiger partial charge in [0.15, 0.2) is 5.58 Å². The van der Waals surface area contributed by atoms with E-state index in [1.54, 1.807) is 0 Å². The molecule has 3 aromatic rings. The molecule has 2 aromatic heterocycles. The molecule has 2 unspecified atom stereocenters. The van der Waals surface area contributed by atoms with E-state index in [-0.39, 0.29) is 6.17 Å². The van der Waals surface area contributed by atoms with Gasteiger partial charge in [0.2, 0.25) is 5.71 Å². The molecule has 222 valence electrons. The van der Waals surface area contributed by atoms with Gasteiger partial charge in [-0.3, -0.25) is 4.99 Å². The van der Waals surface area contributed by atoms with Crippen molar-refractivity contribution in [1.82, 2.24) is 9.88 Å². The Labute approximate surface area is 253 Å². The van der Waals surface area contributed by atoms with Gasteiger partial charge in [-0.1, -0.05) is 69.5 Å². The molecule has 3 heterocycles. The number of aryl methyl sites for hydroxylation is 2. The fraction of sp³-hybridized carbons (Fsp3) is 0.405. The number of hydrogen-bond donors (Lipinski definition) is 0. The van der Waals surface area contributed by atoms with Crippen molar-refractivity contribution in [2.24, 2.45) is 16.8 Å². The van der Waals surface area contributed by atoms with Crippen LogP contribution in [0.15, 0.2) is 82.2 Å². The van der Waals surface area contributed by atoms with Crippen LogP contribution in [-0.2, 0) is 0 Å². The van der Waals surface area contributed by atoms with E-state index in [4.69, 9.17) is 4.42 Å². The van der Waals surface area contributed by atoms with Crippen molar-refractivity contribution in [1.29, 1.82) is 0 Å². The van der Waals surface area contributed by atoms with Crippen LogP contribution in [0.1, 0.15) is 72.6 Å². The lowest BCUT2D eigenvalue weighted by molar-refractivity contribution is 0.383. The fourth-order valence-corrected chi connectivity index (χ4v) is 4.68. The monoisotopic (exact) mass is 564 g/mol. The summed E-state index contributed by atoms with van der Waals surface area (Å²) in [6.45, 7) is 18.8. The average molecular weight is 565 g/mol. The Hall–Kier alpha value is -4.04. The standard InChI is InChI=1S/C18H19N3O.C14H17N.C5H12/c1-11-5-7-14-15-8-6-12(2)19-18(15)22-17(14)16(11)21-10-9-20(4)13(21)3;1-4-8-13-9-6-7-10-14(13)12(3)15-11-5-2;1-4-5(2)3/h5-10,13H,1-4H3;5-7,10-11,13H,9H2,1-3H3;5H,4H2,1-3H3/b;11-5-,15-12?;. The zero-order chi connectivity index (χ0) is 30.8. The van der Waals surface area contributed by atoms with Crippen molar-refractivity contribution < 1.29 is 4.42 Å². The van der Waals surface area contributed by atoms with Gasteiger partial charge in [0.25, 0.3) is 0 Å². The lowest BCUT2D eigenvalue weighted by Gasteiger charge is -2.28. The van der Waals surface area contributed by atoms with Gasteiger partial charge in [0.05, 0.1) is 11.6 Å². The Bertz CT molecular complexity index is 1570. The Morgan fingerprint density at radius 3 is 2.50 bits per heavy atom. The number of anilines is 1. The van der Waals surface area contributed by atoms with Gasteiger partial charge in [0, 0.05) is 47.8 Å². The van der Waals surface area contributed by atoms with Crippen LogP contribution in [0.4, 0.5) is 5.69 Å². The number of nitrogens with zero attached hydrogens (tertiary/aromatic N) is 4. The van der Waals surface area contributed by atoms with E-state index in [0.29, 0.717) is 11.6 Å². The molecule has 1 aromatic carbocycles. The third kappa shape index (κ3) is 7.82. The topological polar surface area (TPSA) is 44.9 Å².